The lowest BCUT2D eigenvalue weighted by Crippen LogP contribution is -2.30. The van der Waals surface area contributed by atoms with Crippen LogP contribution in [0.25, 0.3) is 0 Å². The molecular formula is C19H26IN3O2. The number of aliphatic imine (C=N–C) groups is 1. The number of nitrogens with one attached hydrogen (secondary N) is 2. The van der Waals surface area contributed by atoms with Gasteiger partial charge in [0.2, 0.25) is 0 Å². The van der Waals surface area contributed by atoms with Crippen LogP contribution in [0.5, 0.6) is 11.5 Å². The standard InChI is InChI=1S/C19H25N3O2.HI/c1-5-20-19(21-13-15-9-7-6-8-14(15)2)22-16-10-11-17(23-3)18(12-16)24-4;/h6-12H,5,13H2,1-4H3,(H2,20,21,22);1H. The van der Waals surface area contributed by atoms with Crippen molar-refractivity contribution >= 4 is 35.6 Å². The summed E-state index contributed by atoms with van der Waals surface area (Å²) in [5.74, 6) is 2.11. The molecule has 0 aromatic heterocycles. The van der Waals surface area contributed by atoms with E-state index in [9.17, 15) is 0 Å². The van der Waals surface area contributed by atoms with E-state index in [4.69, 9.17) is 9.47 Å². The third kappa shape index (κ3) is 6.12. The second-order valence-corrected chi connectivity index (χ2v) is 5.32. The molecule has 2 aromatic rings. The van der Waals surface area contributed by atoms with Gasteiger partial charge in [-0.25, -0.2) is 4.99 Å². The minimum absolute atomic E-state index is 0. The van der Waals surface area contributed by atoms with Gasteiger partial charge in [-0.3, -0.25) is 0 Å². The zero-order chi connectivity index (χ0) is 17.4. The number of aryl methyl sites for hydroxylation is 1. The van der Waals surface area contributed by atoms with Gasteiger partial charge in [0.05, 0.1) is 20.8 Å². The monoisotopic (exact) mass is 455 g/mol. The van der Waals surface area contributed by atoms with Crippen molar-refractivity contribution in [3.63, 3.8) is 0 Å². The Morgan fingerprint density at radius 3 is 2.40 bits per heavy atom. The second-order valence-electron chi connectivity index (χ2n) is 5.32. The van der Waals surface area contributed by atoms with E-state index in [1.165, 1.54) is 11.1 Å². The first-order valence-electron chi connectivity index (χ1n) is 7.99. The van der Waals surface area contributed by atoms with Crippen molar-refractivity contribution in [1.29, 1.82) is 0 Å². The highest BCUT2D eigenvalue weighted by atomic mass is 127. The summed E-state index contributed by atoms with van der Waals surface area (Å²) in [5, 5.41) is 6.55. The van der Waals surface area contributed by atoms with Gasteiger partial charge in [0.15, 0.2) is 17.5 Å². The van der Waals surface area contributed by atoms with Crippen LogP contribution in [-0.2, 0) is 6.54 Å². The summed E-state index contributed by atoms with van der Waals surface area (Å²) in [6, 6.07) is 14.0. The van der Waals surface area contributed by atoms with E-state index in [0.717, 1.165) is 18.2 Å². The number of methoxy groups -OCH3 is 2. The Hall–Kier alpha value is -1.96. The fraction of sp³-hybridized carbons (Fsp3) is 0.316. The normalized spacial score (nSPS) is 10.6. The van der Waals surface area contributed by atoms with Gasteiger partial charge in [-0.1, -0.05) is 24.3 Å². The lowest BCUT2D eigenvalue weighted by Gasteiger charge is -2.14. The topological polar surface area (TPSA) is 54.9 Å². The highest BCUT2D eigenvalue weighted by Crippen LogP contribution is 2.29. The maximum Gasteiger partial charge on any atom is 0.196 e. The molecule has 6 heteroatoms. The van der Waals surface area contributed by atoms with Gasteiger partial charge >= 0.3 is 0 Å². The molecule has 25 heavy (non-hydrogen) atoms. The van der Waals surface area contributed by atoms with E-state index in [0.29, 0.717) is 18.0 Å². The Morgan fingerprint density at radius 1 is 1.04 bits per heavy atom. The zero-order valence-electron chi connectivity index (χ0n) is 15.1. The fourth-order valence-corrected chi connectivity index (χ4v) is 2.31. The molecule has 0 spiro atoms. The average molecular weight is 455 g/mol. The Morgan fingerprint density at radius 2 is 1.76 bits per heavy atom. The van der Waals surface area contributed by atoms with Crippen LogP contribution in [0.15, 0.2) is 47.5 Å². The van der Waals surface area contributed by atoms with Crippen LogP contribution in [0.2, 0.25) is 0 Å². The number of nitrogens with zero attached hydrogens (tertiary/aromatic N) is 1. The number of rotatable bonds is 6. The van der Waals surface area contributed by atoms with Crippen LogP contribution in [0, 0.1) is 6.92 Å². The lowest BCUT2D eigenvalue weighted by atomic mass is 10.1. The van der Waals surface area contributed by atoms with Crippen LogP contribution in [0.3, 0.4) is 0 Å². The minimum Gasteiger partial charge on any atom is -0.493 e. The Kier molecular flexibility index (Phi) is 9.12. The van der Waals surface area contributed by atoms with Crippen molar-refractivity contribution in [2.24, 2.45) is 4.99 Å². The molecule has 2 N–H and O–H groups in total. The smallest absolute Gasteiger partial charge is 0.196 e. The highest BCUT2D eigenvalue weighted by molar-refractivity contribution is 14.0. The first kappa shape index (κ1) is 21.1. The van der Waals surface area contributed by atoms with Crippen LogP contribution < -0.4 is 20.1 Å². The molecule has 0 aliphatic rings. The molecule has 0 atom stereocenters. The van der Waals surface area contributed by atoms with E-state index in [1.807, 2.05) is 37.3 Å². The summed E-state index contributed by atoms with van der Waals surface area (Å²) in [6.45, 7) is 5.54. The quantitative estimate of drug-likeness (QED) is 0.390. The number of hydrogen-bond donors (Lipinski definition) is 2. The molecule has 5 nitrogen and oxygen atoms in total. The first-order valence-corrected chi connectivity index (χ1v) is 7.99. The van der Waals surface area contributed by atoms with Gasteiger partial charge in [-0.05, 0) is 37.1 Å². The maximum atomic E-state index is 5.34. The molecule has 136 valence electrons. The number of guanidine groups is 1. The van der Waals surface area contributed by atoms with Crippen molar-refractivity contribution in [2.75, 3.05) is 26.1 Å². The van der Waals surface area contributed by atoms with Crippen molar-refractivity contribution < 1.29 is 9.47 Å². The summed E-state index contributed by atoms with van der Waals surface area (Å²) in [4.78, 5) is 4.66. The Bertz CT molecular complexity index is 705. The van der Waals surface area contributed by atoms with Crippen LogP contribution in [0.4, 0.5) is 5.69 Å². The molecular weight excluding hydrogens is 429 g/mol. The largest absolute Gasteiger partial charge is 0.493 e. The van der Waals surface area contributed by atoms with Crippen molar-refractivity contribution in [2.45, 2.75) is 20.4 Å². The van der Waals surface area contributed by atoms with Gasteiger partial charge in [0, 0.05) is 18.3 Å². The van der Waals surface area contributed by atoms with E-state index in [1.54, 1.807) is 14.2 Å². The summed E-state index contributed by atoms with van der Waals surface area (Å²) < 4.78 is 10.6. The van der Waals surface area contributed by atoms with Crippen molar-refractivity contribution in [1.82, 2.24) is 5.32 Å². The first-order chi connectivity index (χ1) is 11.7. The van der Waals surface area contributed by atoms with Gasteiger partial charge in [-0.2, -0.15) is 0 Å². The van der Waals surface area contributed by atoms with Gasteiger partial charge in [0.25, 0.3) is 0 Å². The second kappa shape index (κ2) is 10.8. The Balaban J connectivity index is 0.00000312. The molecule has 2 rings (SSSR count). The Labute approximate surface area is 166 Å². The maximum absolute atomic E-state index is 5.34. The van der Waals surface area contributed by atoms with E-state index < -0.39 is 0 Å². The SMILES string of the molecule is CCNC(=NCc1ccccc1C)Nc1ccc(OC)c(OC)c1.I. The highest BCUT2D eigenvalue weighted by Gasteiger charge is 2.06. The molecule has 0 saturated heterocycles. The number of hydrogen-bond acceptors (Lipinski definition) is 3. The number of halogens is 1. The third-order valence-electron chi connectivity index (χ3n) is 3.66. The molecule has 0 unspecified atom stereocenters. The predicted molar refractivity (Wildman–Crippen MR) is 115 cm³/mol. The molecule has 0 heterocycles. The van der Waals surface area contributed by atoms with E-state index in [-0.39, 0.29) is 24.0 Å². The predicted octanol–water partition coefficient (Wildman–Crippen LogP) is 4.21. The van der Waals surface area contributed by atoms with Gasteiger partial charge in [-0.15, -0.1) is 24.0 Å². The van der Waals surface area contributed by atoms with E-state index in [2.05, 4.69) is 34.7 Å². The lowest BCUT2D eigenvalue weighted by molar-refractivity contribution is 0.355. The third-order valence-corrected chi connectivity index (χ3v) is 3.66. The molecule has 0 saturated carbocycles. The summed E-state index contributed by atoms with van der Waals surface area (Å²) in [5.41, 5.74) is 3.34. The van der Waals surface area contributed by atoms with Crippen molar-refractivity contribution in [3.05, 3.63) is 53.6 Å². The summed E-state index contributed by atoms with van der Waals surface area (Å²) >= 11 is 0. The molecule has 0 amide bonds. The van der Waals surface area contributed by atoms with Gasteiger partial charge < -0.3 is 20.1 Å². The van der Waals surface area contributed by atoms with Crippen LogP contribution >= 0.6 is 24.0 Å². The summed E-state index contributed by atoms with van der Waals surface area (Å²) in [6.07, 6.45) is 0. The number of ether oxygens (including phenoxy) is 2. The summed E-state index contributed by atoms with van der Waals surface area (Å²) in [7, 11) is 3.25. The van der Waals surface area contributed by atoms with E-state index >= 15 is 0 Å². The van der Waals surface area contributed by atoms with Crippen LogP contribution in [0.1, 0.15) is 18.1 Å². The minimum atomic E-state index is 0. The molecule has 0 aliphatic carbocycles. The number of anilines is 1. The zero-order valence-corrected chi connectivity index (χ0v) is 17.5. The fourth-order valence-electron chi connectivity index (χ4n) is 2.31. The number of benzene rings is 2. The average Bonchev–Trinajstić information content (AvgIpc) is 2.61. The molecule has 0 bridgehead atoms. The molecule has 0 radical (unpaired) electrons. The molecule has 0 fully saturated rings. The van der Waals surface area contributed by atoms with Crippen LogP contribution in [-0.4, -0.2) is 26.7 Å². The molecule has 0 aliphatic heterocycles. The molecule has 2 aromatic carbocycles. The van der Waals surface area contributed by atoms with Gasteiger partial charge in [0.1, 0.15) is 0 Å². The van der Waals surface area contributed by atoms with Crippen molar-refractivity contribution in [3.8, 4) is 11.5 Å².